The molecule has 0 aromatic rings. The number of esters is 1. The van der Waals surface area contributed by atoms with Gasteiger partial charge in [0.25, 0.3) is 0 Å². The lowest BCUT2D eigenvalue weighted by atomic mass is 10.1. The number of piperazine rings is 1. The van der Waals surface area contributed by atoms with Crippen molar-refractivity contribution >= 4 is 5.97 Å². The number of rotatable bonds is 2. The van der Waals surface area contributed by atoms with Gasteiger partial charge in [0.15, 0.2) is 0 Å². The van der Waals surface area contributed by atoms with Crippen molar-refractivity contribution in [2.45, 2.75) is 18.7 Å². The van der Waals surface area contributed by atoms with Crippen LogP contribution >= 0.6 is 0 Å². The molecule has 0 aliphatic carbocycles. The van der Waals surface area contributed by atoms with Crippen molar-refractivity contribution in [1.82, 2.24) is 10.6 Å². The van der Waals surface area contributed by atoms with Crippen LogP contribution < -0.4 is 10.6 Å². The van der Waals surface area contributed by atoms with Crippen molar-refractivity contribution in [2.75, 3.05) is 20.2 Å². The summed E-state index contributed by atoms with van der Waals surface area (Å²) in [6, 6.07) is -0.230. The van der Waals surface area contributed by atoms with E-state index in [0.29, 0.717) is 0 Å². The molecule has 1 saturated heterocycles. The van der Waals surface area contributed by atoms with Crippen molar-refractivity contribution in [3.05, 3.63) is 0 Å². The van der Waals surface area contributed by atoms with Crippen molar-refractivity contribution in [1.29, 1.82) is 0 Å². The van der Waals surface area contributed by atoms with E-state index in [9.17, 15) is 9.90 Å². The molecule has 5 nitrogen and oxygen atoms in total. The van der Waals surface area contributed by atoms with Gasteiger partial charge < -0.3 is 15.2 Å². The maximum Gasteiger partial charge on any atom is 0.307 e. The predicted octanol–water partition coefficient (Wildman–Crippen LogP) is -1.57. The molecule has 0 bridgehead atoms. The van der Waals surface area contributed by atoms with Crippen LogP contribution in [0.3, 0.4) is 0 Å². The van der Waals surface area contributed by atoms with E-state index in [1.165, 1.54) is 7.11 Å². The van der Waals surface area contributed by atoms with Crippen molar-refractivity contribution in [3.8, 4) is 0 Å². The highest BCUT2D eigenvalue weighted by Gasteiger charge is 2.24. The molecule has 1 aliphatic rings. The molecule has 0 aromatic heterocycles. The minimum atomic E-state index is -0.655. The van der Waals surface area contributed by atoms with Crippen LogP contribution in [0.1, 0.15) is 6.42 Å². The zero-order chi connectivity index (χ0) is 8.97. The quantitative estimate of drug-likeness (QED) is 0.441. The van der Waals surface area contributed by atoms with Gasteiger partial charge in [-0.1, -0.05) is 0 Å². The highest BCUT2D eigenvalue weighted by atomic mass is 16.5. The number of nitrogens with one attached hydrogen (secondary N) is 2. The number of ether oxygens (including phenoxy) is 1. The van der Waals surface area contributed by atoms with Gasteiger partial charge in [0.1, 0.15) is 6.23 Å². The Labute approximate surface area is 71.1 Å². The number of hydrogen-bond donors (Lipinski definition) is 3. The largest absolute Gasteiger partial charge is 0.469 e. The molecule has 0 saturated carbocycles. The number of carbonyl (C=O) groups excluding carboxylic acids is 1. The fourth-order valence-electron chi connectivity index (χ4n) is 1.18. The summed E-state index contributed by atoms with van der Waals surface area (Å²) in [6.07, 6.45) is -0.456. The van der Waals surface area contributed by atoms with Gasteiger partial charge in [0.2, 0.25) is 0 Å². The fraction of sp³-hybridized carbons (Fsp3) is 0.857. The van der Waals surface area contributed by atoms with Gasteiger partial charge in [-0.2, -0.15) is 0 Å². The molecule has 0 radical (unpaired) electrons. The molecule has 5 heteroatoms. The third-order valence-electron chi connectivity index (χ3n) is 1.88. The second-order valence-electron chi connectivity index (χ2n) is 2.74. The fourth-order valence-corrected chi connectivity index (χ4v) is 1.18. The van der Waals surface area contributed by atoms with Crippen LogP contribution in [0.15, 0.2) is 0 Å². The summed E-state index contributed by atoms with van der Waals surface area (Å²) in [5.74, 6) is -0.310. The zero-order valence-electron chi connectivity index (χ0n) is 7.04. The van der Waals surface area contributed by atoms with Crippen molar-refractivity contribution in [3.63, 3.8) is 0 Å². The number of aliphatic hydroxyl groups excluding tert-OH is 1. The summed E-state index contributed by atoms with van der Waals surface area (Å²) in [4.78, 5) is 10.8. The third-order valence-corrected chi connectivity index (χ3v) is 1.88. The summed E-state index contributed by atoms with van der Waals surface area (Å²) in [7, 11) is 1.34. The van der Waals surface area contributed by atoms with Crippen molar-refractivity contribution in [2.24, 2.45) is 0 Å². The molecule has 12 heavy (non-hydrogen) atoms. The van der Waals surface area contributed by atoms with Gasteiger partial charge in [-0.3, -0.25) is 10.1 Å². The van der Waals surface area contributed by atoms with Crippen LogP contribution in [0.5, 0.6) is 0 Å². The average Bonchev–Trinajstić information content (AvgIpc) is 2.09. The molecule has 0 spiro atoms. The van der Waals surface area contributed by atoms with Crippen LogP contribution in [0.2, 0.25) is 0 Å². The molecule has 1 fully saturated rings. The van der Waals surface area contributed by atoms with Crippen LogP contribution in [0.25, 0.3) is 0 Å². The summed E-state index contributed by atoms with van der Waals surface area (Å²) in [5.41, 5.74) is 0. The molecule has 70 valence electrons. The van der Waals surface area contributed by atoms with Crippen LogP contribution in [-0.4, -0.2) is 43.5 Å². The Balaban J connectivity index is 2.33. The van der Waals surface area contributed by atoms with Gasteiger partial charge in [-0.15, -0.1) is 0 Å². The third kappa shape index (κ3) is 2.44. The maximum absolute atomic E-state index is 10.8. The Morgan fingerprint density at radius 1 is 1.58 bits per heavy atom. The molecule has 0 aromatic carbocycles. The summed E-state index contributed by atoms with van der Waals surface area (Å²) in [6.45, 7) is 1.48. The predicted molar refractivity (Wildman–Crippen MR) is 42.4 cm³/mol. The van der Waals surface area contributed by atoms with E-state index in [-0.39, 0.29) is 18.4 Å². The summed E-state index contributed by atoms with van der Waals surface area (Å²) >= 11 is 0. The minimum Gasteiger partial charge on any atom is -0.469 e. The maximum atomic E-state index is 10.8. The monoisotopic (exact) mass is 174 g/mol. The molecule has 1 rings (SSSR count). The SMILES string of the molecule is COC(=O)CC1NCCNC1O. The van der Waals surface area contributed by atoms with Gasteiger partial charge >= 0.3 is 5.97 Å². The van der Waals surface area contributed by atoms with E-state index in [1.54, 1.807) is 0 Å². The second kappa shape index (κ2) is 4.39. The highest BCUT2D eigenvalue weighted by Crippen LogP contribution is 2.01. The first-order chi connectivity index (χ1) is 5.74. The second-order valence-corrected chi connectivity index (χ2v) is 2.74. The molecule has 1 aliphatic heterocycles. The van der Waals surface area contributed by atoms with Gasteiger partial charge in [-0.05, 0) is 0 Å². The number of methoxy groups -OCH3 is 1. The lowest BCUT2D eigenvalue weighted by Crippen LogP contribution is -2.56. The molecule has 2 unspecified atom stereocenters. The van der Waals surface area contributed by atoms with Crippen molar-refractivity contribution < 1.29 is 14.6 Å². The highest BCUT2D eigenvalue weighted by molar-refractivity contribution is 5.70. The molecule has 0 amide bonds. The van der Waals surface area contributed by atoms with E-state index in [1.807, 2.05) is 0 Å². The van der Waals surface area contributed by atoms with Gasteiger partial charge in [0, 0.05) is 13.1 Å². The first-order valence-corrected chi connectivity index (χ1v) is 3.95. The Kier molecular flexibility index (Phi) is 3.46. The normalized spacial score (nSPS) is 29.8. The van der Waals surface area contributed by atoms with Gasteiger partial charge in [0.05, 0.1) is 19.6 Å². The lowest BCUT2D eigenvalue weighted by Gasteiger charge is -2.28. The van der Waals surface area contributed by atoms with Crippen LogP contribution in [0, 0.1) is 0 Å². The van der Waals surface area contributed by atoms with E-state index in [0.717, 1.165) is 13.1 Å². The molecular formula is C7H14N2O3. The van der Waals surface area contributed by atoms with E-state index in [4.69, 9.17) is 0 Å². The summed E-state index contributed by atoms with van der Waals surface area (Å²) < 4.78 is 4.48. The molecular weight excluding hydrogens is 160 g/mol. The Hall–Kier alpha value is -0.650. The van der Waals surface area contributed by atoms with E-state index >= 15 is 0 Å². The number of carbonyl (C=O) groups is 1. The minimum absolute atomic E-state index is 0.199. The van der Waals surface area contributed by atoms with Crippen LogP contribution in [0.4, 0.5) is 0 Å². The standard InChI is InChI=1S/C7H14N2O3/c1-12-6(10)4-5-7(11)9-3-2-8-5/h5,7-9,11H,2-4H2,1H3. The first kappa shape index (κ1) is 9.44. The Bertz CT molecular complexity index is 163. The number of aliphatic hydroxyl groups is 1. The molecule has 1 heterocycles. The Morgan fingerprint density at radius 3 is 2.83 bits per heavy atom. The number of hydrogen-bond acceptors (Lipinski definition) is 5. The Morgan fingerprint density at radius 2 is 2.25 bits per heavy atom. The summed E-state index contributed by atoms with van der Waals surface area (Å²) in [5, 5.41) is 15.2. The first-order valence-electron chi connectivity index (χ1n) is 3.95. The van der Waals surface area contributed by atoms with Crippen LogP contribution in [-0.2, 0) is 9.53 Å². The molecule has 3 N–H and O–H groups in total. The lowest BCUT2D eigenvalue weighted by molar-refractivity contribution is -0.142. The van der Waals surface area contributed by atoms with E-state index < -0.39 is 6.23 Å². The smallest absolute Gasteiger partial charge is 0.307 e. The van der Waals surface area contributed by atoms with E-state index in [2.05, 4.69) is 15.4 Å². The average molecular weight is 174 g/mol. The topological polar surface area (TPSA) is 70.6 Å². The molecule has 2 atom stereocenters. The van der Waals surface area contributed by atoms with Gasteiger partial charge in [-0.25, -0.2) is 0 Å². The zero-order valence-corrected chi connectivity index (χ0v) is 7.04.